The summed E-state index contributed by atoms with van der Waals surface area (Å²) >= 11 is 0. The molecular weight excluding hydrogens is 476 g/mol. The van der Waals surface area contributed by atoms with Gasteiger partial charge in [0.2, 0.25) is 0 Å². The Balaban J connectivity index is 0.000000191. The molecule has 4 aromatic rings. The van der Waals surface area contributed by atoms with Crippen molar-refractivity contribution in [1.29, 1.82) is 0 Å². The number of rotatable bonds is 7. The van der Waals surface area contributed by atoms with Crippen molar-refractivity contribution < 1.29 is 32.9 Å². The Morgan fingerprint density at radius 1 is 0.500 bits per heavy atom. The first-order chi connectivity index (χ1) is 16.2. The third kappa shape index (κ3) is 7.89. The van der Waals surface area contributed by atoms with E-state index in [-0.39, 0.29) is 11.5 Å². The molecule has 34 heavy (non-hydrogen) atoms. The molecule has 0 aliphatic heterocycles. The van der Waals surface area contributed by atoms with Crippen LogP contribution >= 0.6 is 15.6 Å². The van der Waals surface area contributed by atoms with Crippen LogP contribution < -0.4 is 13.7 Å². The third-order valence-corrected chi connectivity index (χ3v) is 6.06. The molecule has 0 aliphatic rings. The zero-order valence-corrected chi connectivity index (χ0v) is 19.7. The number of hydrogen-bond donors (Lipinski definition) is 3. The van der Waals surface area contributed by atoms with Gasteiger partial charge in [-0.2, -0.15) is 0 Å². The number of anilines is 2. The summed E-state index contributed by atoms with van der Waals surface area (Å²) < 4.78 is 34.0. The summed E-state index contributed by atoms with van der Waals surface area (Å²) in [7, 11) is -8.52. The fourth-order valence-corrected chi connectivity index (χ4v) is 4.52. The van der Waals surface area contributed by atoms with Crippen molar-refractivity contribution in [3.63, 3.8) is 0 Å². The second-order valence-electron chi connectivity index (χ2n) is 6.77. The van der Waals surface area contributed by atoms with Gasteiger partial charge in [-0.05, 0) is 48.5 Å². The molecule has 0 amide bonds. The molecule has 176 valence electrons. The Bertz CT molecular complexity index is 1150. The molecule has 0 spiro atoms. The van der Waals surface area contributed by atoms with Crippen molar-refractivity contribution >= 4 is 26.9 Å². The van der Waals surface area contributed by atoms with E-state index >= 15 is 0 Å². The Morgan fingerprint density at radius 3 is 1.09 bits per heavy atom. The summed E-state index contributed by atoms with van der Waals surface area (Å²) in [6.07, 6.45) is 0. The highest BCUT2D eigenvalue weighted by atomic mass is 31.2. The van der Waals surface area contributed by atoms with Gasteiger partial charge in [-0.1, -0.05) is 72.8 Å². The number of phosphoric ester groups is 1. The molecule has 0 fully saturated rings. The van der Waals surface area contributed by atoms with Crippen LogP contribution in [0.15, 0.2) is 121 Å². The Hall–Kier alpha value is -3.38. The molecule has 0 aliphatic carbocycles. The normalized spacial score (nSPS) is 11.0. The smallest absolute Gasteiger partial charge is 0.395 e. The second kappa shape index (κ2) is 11.7. The summed E-state index contributed by atoms with van der Waals surface area (Å²) in [6.45, 7) is 0. The standard InChI is InChI=1S/C12H12NO3P.C12H11O4P/c14-17(15,16)13(11-7-3-1-4-8-11)12-9-5-2-6-10-12;13-17(14,15-11-7-3-1-4-8-11)16-12-9-5-2-6-10-12/h1-10H,(H2,14,15,16);1-10H,(H,13,14). The molecule has 0 unspecified atom stereocenters. The summed E-state index contributed by atoms with van der Waals surface area (Å²) in [4.78, 5) is 28.4. The van der Waals surface area contributed by atoms with Crippen LogP contribution in [0, 0.1) is 0 Å². The van der Waals surface area contributed by atoms with E-state index in [1.165, 1.54) is 0 Å². The number of hydrogen-bond acceptors (Lipinski definition) is 4. The van der Waals surface area contributed by atoms with Crippen LogP contribution in [0.5, 0.6) is 11.5 Å². The van der Waals surface area contributed by atoms with Crippen LogP contribution in [0.1, 0.15) is 0 Å². The molecule has 8 nitrogen and oxygen atoms in total. The van der Waals surface area contributed by atoms with E-state index in [0.29, 0.717) is 11.4 Å². The summed E-state index contributed by atoms with van der Waals surface area (Å²) in [6, 6.07) is 33.9. The van der Waals surface area contributed by atoms with E-state index < -0.39 is 15.6 Å². The van der Waals surface area contributed by atoms with Crippen molar-refractivity contribution in [2.75, 3.05) is 4.67 Å². The largest absolute Gasteiger partial charge is 0.584 e. The first-order valence-electron chi connectivity index (χ1n) is 10.0. The molecule has 0 heterocycles. The van der Waals surface area contributed by atoms with Gasteiger partial charge in [-0.15, -0.1) is 0 Å². The van der Waals surface area contributed by atoms with Crippen LogP contribution in [0.3, 0.4) is 0 Å². The van der Waals surface area contributed by atoms with Gasteiger partial charge in [-0.25, -0.2) is 13.8 Å². The topological polar surface area (TPSA) is 117 Å². The van der Waals surface area contributed by atoms with Crippen molar-refractivity contribution in [2.24, 2.45) is 0 Å². The van der Waals surface area contributed by atoms with E-state index in [9.17, 15) is 23.8 Å². The molecule has 3 N–H and O–H groups in total. The third-order valence-electron chi connectivity index (χ3n) is 4.19. The predicted octanol–water partition coefficient (Wildman–Crippen LogP) is 6.16. The van der Waals surface area contributed by atoms with Gasteiger partial charge in [0, 0.05) is 0 Å². The van der Waals surface area contributed by atoms with Crippen molar-refractivity contribution in [2.45, 2.75) is 0 Å². The molecule has 0 bridgehead atoms. The lowest BCUT2D eigenvalue weighted by molar-refractivity contribution is 0.291. The lowest BCUT2D eigenvalue weighted by Gasteiger charge is -2.25. The van der Waals surface area contributed by atoms with Crippen molar-refractivity contribution in [3.8, 4) is 11.5 Å². The fraction of sp³-hybridized carbons (Fsp3) is 0. The maximum atomic E-state index is 11.7. The molecule has 0 saturated heterocycles. The first kappa shape index (κ1) is 25.2. The van der Waals surface area contributed by atoms with E-state index in [2.05, 4.69) is 0 Å². The summed E-state index contributed by atoms with van der Waals surface area (Å²) in [5.74, 6) is 0.573. The Kier molecular flexibility index (Phi) is 8.66. The van der Waals surface area contributed by atoms with Gasteiger partial charge in [0.1, 0.15) is 11.5 Å². The molecule has 0 radical (unpaired) electrons. The molecular formula is C24H23NO7P2. The molecule has 4 rings (SSSR count). The highest BCUT2D eigenvalue weighted by Crippen LogP contribution is 2.49. The maximum Gasteiger partial charge on any atom is 0.584 e. The minimum atomic E-state index is -4.39. The van der Waals surface area contributed by atoms with Gasteiger partial charge in [0.15, 0.2) is 0 Å². The zero-order valence-electron chi connectivity index (χ0n) is 17.9. The summed E-state index contributed by atoms with van der Waals surface area (Å²) in [5, 5.41) is 0. The number of nitrogens with zero attached hydrogens (tertiary/aromatic N) is 1. The van der Waals surface area contributed by atoms with Gasteiger partial charge >= 0.3 is 15.6 Å². The van der Waals surface area contributed by atoms with E-state index in [0.717, 1.165) is 4.67 Å². The number of benzene rings is 4. The summed E-state index contributed by atoms with van der Waals surface area (Å²) in [5.41, 5.74) is 0.930. The van der Waals surface area contributed by atoms with Crippen LogP contribution in [-0.2, 0) is 9.13 Å². The zero-order chi connectivity index (χ0) is 24.4. The van der Waals surface area contributed by atoms with E-state index in [1.54, 1.807) is 121 Å². The minimum Gasteiger partial charge on any atom is -0.395 e. The minimum absolute atomic E-state index is 0.286. The lowest BCUT2D eigenvalue weighted by atomic mass is 10.3. The molecule has 10 heteroatoms. The average molecular weight is 499 g/mol. The number of phosphoric acid groups is 1. The molecule has 0 atom stereocenters. The second-order valence-corrected chi connectivity index (χ2v) is 9.50. The van der Waals surface area contributed by atoms with Gasteiger partial charge in [0.25, 0.3) is 0 Å². The average Bonchev–Trinajstić information content (AvgIpc) is 2.81. The van der Waals surface area contributed by atoms with Gasteiger partial charge in [-0.3, -0.25) is 4.89 Å². The first-order valence-corrected chi connectivity index (χ1v) is 13.1. The van der Waals surface area contributed by atoms with E-state index in [4.69, 9.17) is 9.05 Å². The quantitative estimate of drug-likeness (QED) is 0.259. The molecule has 0 saturated carbocycles. The van der Waals surface area contributed by atoms with Gasteiger partial charge in [0.05, 0.1) is 11.4 Å². The highest BCUT2D eigenvalue weighted by molar-refractivity contribution is 7.54. The SMILES string of the molecule is O=P(O)(O)N(c1ccccc1)c1ccccc1.O=P(O)(Oc1ccccc1)Oc1ccccc1. The van der Waals surface area contributed by atoms with Crippen LogP contribution in [0.4, 0.5) is 11.4 Å². The van der Waals surface area contributed by atoms with E-state index in [1.807, 2.05) is 0 Å². The van der Waals surface area contributed by atoms with Crippen molar-refractivity contribution in [1.82, 2.24) is 0 Å². The maximum absolute atomic E-state index is 11.7. The molecule has 0 aromatic heterocycles. The highest BCUT2D eigenvalue weighted by Gasteiger charge is 2.27. The van der Waals surface area contributed by atoms with Crippen molar-refractivity contribution in [3.05, 3.63) is 121 Å². The van der Waals surface area contributed by atoms with Crippen LogP contribution in [0.25, 0.3) is 0 Å². The lowest BCUT2D eigenvalue weighted by Crippen LogP contribution is -2.12. The molecule has 4 aromatic carbocycles. The van der Waals surface area contributed by atoms with Crippen LogP contribution in [0.2, 0.25) is 0 Å². The fourth-order valence-electron chi connectivity index (χ4n) is 2.84. The Labute approximate surface area is 197 Å². The monoisotopic (exact) mass is 499 g/mol. The Morgan fingerprint density at radius 2 is 0.794 bits per heavy atom. The number of para-hydroxylation sites is 4. The van der Waals surface area contributed by atoms with Gasteiger partial charge < -0.3 is 18.8 Å². The van der Waals surface area contributed by atoms with Crippen LogP contribution in [-0.4, -0.2) is 14.7 Å². The predicted molar refractivity (Wildman–Crippen MR) is 131 cm³/mol.